The van der Waals surface area contributed by atoms with Crippen molar-refractivity contribution >= 4 is 10.9 Å². The summed E-state index contributed by atoms with van der Waals surface area (Å²) in [5, 5.41) is 8.60. The molecule has 1 aliphatic rings. The van der Waals surface area contributed by atoms with Crippen molar-refractivity contribution in [2.45, 2.75) is 18.9 Å². The molecule has 0 bridgehead atoms. The molecule has 3 heterocycles. The summed E-state index contributed by atoms with van der Waals surface area (Å²) in [4.78, 5) is 7.68. The maximum Gasteiger partial charge on any atom is 0.244 e. The number of fused-ring (bicyclic) bond motifs is 1. The van der Waals surface area contributed by atoms with Crippen LogP contribution >= 0.6 is 0 Å². The van der Waals surface area contributed by atoms with Crippen molar-refractivity contribution < 1.29 is 4.52 Å². The van der Waals surface area contributed by atoms with E-state index in [1.165, 1.54) is 0 Å². The van der Waals surface area contributed by atoms with Gasteiger partial charge in [-0.25, -0.2) is 0 Å². The van der Waals surface area contributed by atoms with Gasteiger partial charge in [0.25, 0.3) is 0 Å². The topological polar surface area (TPSA) is 66.7 Å². The van der Waals surface area contributed by atoms with E-state index in [1.807, 2.05) is 24.4 Å². The predicted octanol–water partition coefficient (Wildman–Crippen LogP) is 2.64. The average molecular weight is 254 g/mol. The Morgan fingerprint density at radius 3 is 3.16 bits per heavy atom. The van der Waals surface area contributed by atoms with Crippen molar-refractivity contribution in [1.82, 2.24) is 20.4 Å². The minimum atomic E-state index is 0.220. The summed E-state index contributed by atoms with van der Waals surface area (Å²) in [6.45, 7) is 1.03. The van der Waals surface area contributed by atoms with E-state index < -0.39 is 0 Å². The molecule has 3 aromatic rings. The number of H-pyrrole nitrogens is 1. The summed E-state index contributed by atoms with van der Waals surface area (Å²) in [5.74, 6) is 1.36. The molecule has 2 N–H and O–H groups in total. The fraction of sp³-hybridized carbons (Fsp3) is 0.286. The molecule has 96 valence electrons. The summed E-state index contributed by atoms with van der Waals surface area (Å²) in [6, 6.07) is 8.38. The summed E-state index contributed by atoms with van der Waals surface area (Å²) in [7, 11) is 0. The third-order valence-corrected chi connectivity index (χ3v) is 3.61. The molecule has 0 saturated carbocycles. The lowest BCUT2D eigenvalue weighted by Crippen LogP contribution is -2.12. The van der Waals surface area contributed by atoms with Crippen LogP contribution in [0.1, 0.15) is 24.8 Å². The summed E-state index contributed by atoms with van der Waals surface area (Å²) in [6.07, 6.45) is 4.16. The Labute approximate surface area is 110 Å². The van der Waals surface area contributed by atoms with Gasteiger partial charge in [0.05, 0.1) is 6.04 Å². The highest BCUT2D eigenvalue weighted by atomic mass is 16.5. The Morgan fingerprint density at radius 1 is 1.26 bits per heavy atom. The smallest absolute Gasteiger partial charge is 0.244 e. The van der Waals surface area contributed by atoms with Crippen LogP contribution < -0.4 is 5.32 Å². The highest BCUT2D eigenvalue weighted by Gasteiger charge is 2.22. The molecule has 0 aliphatic carbocycles. The van der Waals surface area contributed by atoms with E-state index in [2.05, 4.69) is 26.5 Å². The van der Waals surface area contributed by atoms with Gasteiger partial charge in [-0.05, 0) is 43.7 Å². The van der Waals surface area contributed by atoms with Gasteiger partial charge in [-0.2, -0.15) is 4.98 Å². The van der Waals surface area contributed by atoms with E-state index in [4.69, 9.17) is 4.52 Å². The van der Waals surface area contributed by atoms with Gasteiger partial charge in [-0.1, -0.05) is 5.16 Å². The van der Waals surface area contributed by atoms with Crippen LogP contribution in [-0.2, 0) is 0 Å². The molecule has 19 heavy (non-hydrogen) atoms. The van der Waals surface area contributed by atoms with E-state index in [0.29, 0.717) is 11.7 Å². The highest BCUT2D eigenvalue weighted by molar-refractivity contribution is 5.83. The Balaban J connectivity index is 1.70. The maximum atomic E-state index is 5.37. The Kier molecular flexibility index (Phi) is 2.38. The molecular formula is C14H14N4O. The molecule has 1 atom stereocenters. The number of hydrogen-bond acceptors (Lipinski definition) is 4. The first-order valence-corrected chi connectivity index (χ1v) is 6.55. The second-order valence-electron chi connectivity index (χ2n) is 4.88. The summed E-state index contributed by atoms with van der Waals surface area (Å²) in [5.41, 5.74) is 2.10. The predicted molar refractivity (Wildman–Crippen MR) is 71.6 cm³/mol. The molecule has 1 aromatic carbocycles. The molecule has 0 radical (unpaired) electrons. The van der Waals surface area contributed by atoms with Crippen LogP contribution in [0.2, 0.25) is 0 Å². The lowest BCUT2D eigenvalue weighted by Gasteiger charge is -2.01. The molecule has 0 spiro atoms. The van der Waals surface area contributed by atoms with Gasteiger partial charge in [0.1, 0.15) is 0 Å². The van der Waals surface area contributed by atoms with Gasteiger partial charge in [0.2, 0.25) is 11.7 Å². The van der Waals surface area contributed by atoms with Gasteiger partial charge in [-0.3, -0.25) is 0 Å². The molecule has 4 rings (SSSR count). The van der Waals surface area contributed by atoms with Gasteiger partial charge >= 0.3 is 0 Å². The first-order valence-electron chi connectivity index (χ1n) is 6.55. The van der Waals surface area contributed by atoms with Crippen LogP contribution in [0.25, 0.3) is 22.3 Å². The number of aromatic amines is 1. The van der Waals surface area contributed by atoms with Crippen LogP contribution in [0.4, 0.5) is 0 Å². The normalized spacial score (nSPS) is 19.3. The summed E-state index contributed by atoms with van der Waals surface area (Å²) < 4.78 is 5.37. The number of nitrogens with zero attached hydrogens (tertiary/aromatic N) is 2. The number of rotatable bonds is 2. The van der Waals surface area contributed by atoms with E-state index in [1.54, 1.807) is 0 Å². The minimum Gasteiger partial charge on any atom is -0.361 e. The first-order chi connectivity index (χ1) is 9.40. The van der Waals surface area contributed by atoms with Crippen molar-refractivity contribution in [1.29, 1.82) is 0 Å². The van der Waals surface area contributed by atoms with Crippen molar-refractivity contribution in [2.24, 2.45) is 0 Å². The fourth-order valence-corrected chi connectivity index (χ4v) is 2.58. The Morgan fingerprint density at radius 2 is 2.26 bits per heavy atom. The summed E-state index contributed by atoms with van der Waals surface area (Å²) >= 11 is 0. The SMILES string of the molecule is c1cc2cc(-c3noc(C4CCCN4)n3)ccc2[nH]1. The zero-order valence-corrected chi connectivity index (χ0v) is 10.4. The third kappa shape index (κ3) is 1.82. The lowest BCUT2D eigenvalue weighted by atomic mass is 10.1. The second kappa shape index (κ2) is 4.20. The van der Waals surface area contributed by atoms with Crippen LogP contribution in [0.15, 0.2) is 35.0 Å². The van der Waals surface area contributed by atoms with E-state index >= 15 is 0 Å². The van der Waals surface area contributed by atoms with Crippen molar-refractivity contribution in [3.63, 3.8) is 0 Å². The zero-order valence-electron chi connectivity index (χ0n) is 10.4. The van der Waals surface area contributed by atoms with Crippen LogP contribution in [-0.4, -0.2) is 21.7 Å². The number of nitrogens with one attached hydrogen (secondary N) is 2. The van der Waals surface area contributed by atoms with Crippen LogP contribution in [0.3, 0.4) is 0 Å². The van der Waals surface area contributed by atoms with Crippen LogP contribution in [0.5, 0.6) is 0 Å². The fourth-order valence-electron chi connectivity index (χ4n) is 2.58. The third-order valence-electron chi connectivity index (χ3n) is 3.61. The number of benzene rings is 1. The molecule has 1 saturated heterocycles. The highest BCUT2D eigenvalue weighted by Crippen LogP contribution is 2.25. The first kappa shape index (κ1) is 10.8. The standard InChI is InChI=1S/C14H14N4O/c1-2-12(15-6-1)14-17-13(18-19-14)10-3-4-11-9(8-10)5-7-16-11/h3-5,7-8,12,15-16H,1-2,6H2. The zero-order chi connectivity index (χ0) is 12.7. The van der Waals surface area contributed by atoms with E-state index in [9.17, 15) is 0 Å². The van der Waals surface area contributed by atoms with Gasteiger partial charge in [0, 0.05) is 22.7 Å². The van der Waals surface area contributed by atoms with E-state index in [0.717, 1.165) is 35.9 Å². The molecule has 1 fully saturated rings. The van der Waals surface area contributed by atoms with Crippen molar-refractivity contribution in [2.75, 3.05) is 6.54 Å². The molecule has 2 aromatic heterocycles. The molecule has 5 heteroatoms. The minimum absolute atomic E-state index is 0.220. The van der Waals surface area contributed by atoms with Crippen molar-refractivity contribution in [3.8, 4) is 11.4 Å². The number of hydrogen-bond donors (Lipinski definition) is 2. The Bertz CT molecular complexity index is 709. The van der Waals surface area contributed by atoms with Gasteiger partial charge in [-0.15, -0.1) is 0 Å². The Hall–Kier alpha value is -2.14. The van der Waals surface area contributed by atoms with Crippen LogP contribution in [0, 0.1) is 0 Å². The average Bonchev–Trinajstić information content (AvgIpc) is 3.18. The molecule has 1 aliphatic heterocycles. The lowest BCUT2D eigenvalue weighted by molar-refractivity contribution is 0.345. The quantitative estimate of drug-likeness (QED) is 0.737. The van der Waals surface area contributed by atoms with Crippen molar-refractivity contribution in [3.05, 3.63) is 36.4 Å². The monoisotopic (exact) mass is 254 g/mol. The maximum absolute atomic E-state index is 5.37. The molecule has 1 unspecified atom stereocenters. The number of aromatic nitrogens is 3. The molecule has 5 nitrogen and oxygen atoms in total. The molecule has 0 amide bonds. The second-order valence-corrected chi connectivity index (χ2v) is 4.88. The van der Waals surface area contributed by atoms with Gasteiger partial charge in [0.15, 0.2) is 0 Å². The molecular weight excluding hydrogens is 240 g/mol. The van der Waals surface area contributed by atoms with Gasteiger partial charge < -0.3 is 14.8 Å². The largest absolute Gasteiger partial charge is 0.361 e. The van der Waals surface area contributed by atoms with E-state index in [-0.39, 0.29) is 6.04 Å².